The fourth-order valence-corrected chi connectivity index (χ4v) is 4.67. The maximum atomic E-state index is 13.2. The number of aryl methyl sites for hydroxylation is 2. The number of nitrogens with one attached hydrogen (secondary N) is 1. The van der Waals surface area contributed by atoms with Crippen LogP contribution in [0.15, 0.2) is 35.1 Å². The maximum absolute atomic E-state index is 13.2. The first kappa shape index (κ1) is 18.9. The Bertz CT molecular complexity index is 938. The van der Waals surface area contributed by atoms with E-state index in [1.54, 1.807) is 0 Å². The van der Waals surface area contributed by atoms with Gasteiger partial charge in [-0.15, -0.1) is 0 Å². The van der Waals surface area contributed by atoms with Crippen molar-refractivity contribution in [1.29, 1.82) is 0 Å². The van der Waals surface area contributed by atoms with E-state index >= 15 is 0 Å². The van der Waals surface area contributed by atoms with Crippen LogP contribution in [-0.4, -0.2) is 46.4 Å². The summed E-state index contributed by atoms with van der Waals surface area (Å²) in [5, 5.41) is 0. The van der Waals surface area contributed by atoms with Gasteiger partial charge in [0.15, 0.2) is 0 Å². The summed E-state index contributed by atoms with van der Waals surface area (Å²) in [5.41, 5.74) is 2.54. The SMILES string of the molecule is Cc1cc(C)c(C(=O)N2CC3CCC2CN(Cc2ccc(F)cc2)C3)c(=O)[nH]1. The van der Waals surface area contributed by atoms with E-state index in [9.17, 15) is 14.0 Å². The number of carbonyl (C=O) groups excluding carboxylic acids is 1. The topological polar surface area (TPSA) is 56.4 Å². The first-order chi connectivity index (χ1) is 13.4. The number of hydrogen-bond donors (Lipinski definition) is 1. The highest BCUT2D eigenvalue weighted by atomic mass is 19.1. The highest BCUT2D eigenvalue weighted by molar-refractivity contribution is 5.95. The Balaban J connectivity index is 1.54. The van der Waals surface area contributed by atoms with E-state index in [0.29, 0.717) is 12.5 Å². The van der Waals surface area contributed by atoms with E-state index in [-0.39, 0.29) is 28.9 Å². The number of hydrogen-bond acceptors (Lipinski definition) is 3. The third-order valence-electron chi connectivity index (χ3n) is 5.95. The molecule has 4 heterocycles. The third-order valence-corrected chi connectivity index (χ3v) is 5.95. The lowest BCUT2D eigenvalue weighted by Gasteiger charge is -2.36. The van der Waals surface area contributed by atoms with Crippen LogP contribution in [0.1, 0.15) is 40.0 Å². The van der Waals surface area contributed by atoms with Crippen LogP contribution in [-0.2, 0) is 6.54 Å². The zero-order valence-corrected chi connectivity index (χ0v) is 16.4. The average molecular weight is 383 g/mol. The Kier molecular flexibility index (Phi) is 5.06. The van der Waals surface area contributed by atoms with Gasteiger partial charge in [0.25, 0.3) is 11.5 Å². The van der Waals surface area contributed by atoms with Crippen molar-refractivity contribution in [2.24, 2.45) is 5.92 Å². The van der Waals surface area contributed by atoms with Gasteiger partial charge in [-0.1, -0.05) is 12.1 Å². The molecule has 2 atom stereocenters. The summed E-state index contributed by atoms with van der Waals surface area (Å²) in [5.74, 6) is 0.0141. The van der Waals surface area contributed by atoms with Gasteiger partial charge in [0, 0.05) is 37.9 Å². The summed E-state index contributed by atoms with van der Waals surface area (Å²) in [7, 11) is 0. The third kappa shape index (κ3) is 3.74. The van der Waals surface area contributed by atoms with Crippen LogP contribution in [0.5, 0.6) is 0 Å². The largest absolute Gasteiger partial charge is 0.334 e. The van der Waals surface area contributed by atoms with Crippen molar-refractivity contribution < 1.29 is 9.18 Å². The molecule has 3 saturated heterocycles. The van der Waals surface area contributed by atoms with Gasteiger partial charge in [-0.25, -0.2) is 4.39 Å². The molecular formula is C22H26FN3O2. The molecule has 1 aromatic carbocycles. The molecule has 28 heavy (non-hydrogen) atoms. The van der Waals surface area contributed by atoms with Gasteiger partial charge in [0.1, 0.15) is 11.4 Å². The van der Waals surface area contributed by atoms with Gasteiger partial charge in [0.2, 0.25) is 0 Å². The van der Waals surface area contributed by atoms with Crippen molar-refractivity contribution in [3.63, 3.8) is 0 Å². The molecule has 3 aliphatic heterocycles. The molecule has 0 radical (unpaired) electrons. The Hall–Kier alpha value is -2.47. The smallest absolute Gasteiger partial charge is 0.261 e. The zero-order chi connectivity index (χ0) is 19.8. The van der Waals surface area contributed by atoms with Crippen LogP contribution in [0.4, 0.5) is 4.39 Å². The number of fused-ring (bicyclic) bond motifs is 4. The Morgan fingerprint density at radius 1 is 1.14 bits per heavy atom. The van der Waals surface area contributed by atoms with Crippen LogP contribution in [0.3, 0.4) is 0 Å². The molecule has 1 N–H and O–H groups in total. The summed E-state index contributed by atoms with van der Waals surface area (Å²) in [6.45, 7) is 6.79. The predicted octanol–water partition coefficient (Wildman–Crippen LogP) is 2.87. The number of amides is 1. The predicted molar refractivity (Wildman–Crippen MR) is 106 cm³/mol. The molecule has 3 fully saturated rings. The summed E-state index contributed by atoms with van der Waals surface area (Å²) in [6, 6.07) is 8.58. The number of rotatable bonds is 3. The van der Waals surface area contributed by atoms with E-state index in [1.165, 1.54) is 12.1 Å². The van der Waals surface area contributed by atoms with E-state index in [4.69, 9.17) is 0 Å². The van der Waals surface area contributed by atoms with Crippen molar-refractivity contribution in [1.82, 2.24) is 14.8 Å². The second kappa shape index (κ2) is 7.51. The molecule has 6 heteroatoms. The van der Waals surface area contributed by atoms with Gasteiger partial charge in [-0.2, -0.15) is 0 Å². The number of aromatic nitrogens is 1. The van der Waals surface area contributed by atoms with Crippen molar-refractivity contribution in [3.8, 4) is 0 Å². The normalized spacial score (nSPS) is 22.3. The van der Waals surface area contributed by atoms with Gasteiger partial charge >= 0.3 is 0 Å². The quantitative estimate of drug-likeness (QED) is 0.887. The lowest BCUT2D eigenvalue weighted by atomic mass is 9.94. The highest BCUT2D eigenvalue weighted by Gasteiger charge is 2.38. The summed E-state index contributed by atoms with van der Waals surface area (Å²) in [4.78, 5) is 32.7. The molecule has 5 rings (SSSR count). The maximum Gasteiger partial charge on any atom is 0.261 e. The zero-order valence-electron chi connectivity index (χ0n) is 16.4. The first-order valence-corrected chi connectivity index (χ1v) is 9.89. The number of nitrogens with zero attached hydrogens (tertiary/aromatic N) is 2. The highest BCUT2D eigenvalue weighted by Crippen LogP contribution is 2.30. The van der Waals surface area contributed by atoms with Crippen molar-refractivity contribution in [2.75, 3.05) is 19.6 Å². The first-order valence-electron chi connectivity index (χ1n) is 9.89. The molecule has 2 bridgehead atoms. The van der Waals surface area contributed by atoms with E-state index in [0.717, 1.165) is 49.3 Å². The van der Waals surface area contributed by atoms with Crippen LogP contribution in [0.25, 0.3) is 0 Å². The number of benzene rings is 1. The summed E-state index contributed by atoms with van der Waals surface area (Å²) in [6.07, 6.45) is 2.05. The van der Waals surface area contributed by atoms with Gasteiger partial charge in [-0.05, 0) is 61.9 Å². The molecule has 148 valence electrons. The van der Waals surface area contributed by atoms with Crippen molar-refractivity contribution >= 4 is 5.91 Å². The lowest BCUT2D eigenvalue weighted by molar-refractivity contribution is 0.0582. The monoisotopic (exact) mass is 383 g/mol. The molecule has 5 nitrogen and oxygen atoms in total. The molecule has 3 aliphatic rings. The van der Waals surface area contributed by atoms with Crippen molar-refractivity contribution in [2.45, 2.75) is 39.3 Å². The lowest BCUT2D eigenvalue weighted by Crippen LogP contribution is -2.48. The number of H-pyrrole nitrogens is 1. The summed E-state index contributed by atoms with van der Waals surface area (Å²) < 4.78 is 13.2. The van der Waals surface area contributed by atoms with Gasteiger partial charge < -0.3 is 9.88 Å². The number of halogens is 1. The second-order valence-corrected chi connectivity index (χ2v) is 8.21. The van der Waals surface area contributed by atoms with Crippen molar-refractivity contribution in [3.05, 3.63) is 68.9 Å². The van der Waals surface area contributed by atoms with Crippen LogP contribution >= 0.6 is 0 Å². The average Bonchev–Trinajstić information content (AvgIpc) is 2.93. The van der Waals surface area contributed by atoms with Crippen LogP contribution < -0.4 is 5.56 Å². The Morgan fingerprint density at radius 3 is 2.61 bits per heavy atom. The number of pyridine rings is 1. The number of aromatic amines is 1. The van der Waals surface area contributed by atoms with Gasteiger partial charge in [-0.3, -0.25) is 14.5 Å². The second-order valence-electron chi connectivity index (χ2n) is 8.21. The Morgan fingerprint density at radius 2 is 1.89 bits per heavy atom. The molecule has 1 amide bonds. The fraction of sp³-hybridized carbons (Fsp3) is 0.455. The minimum atomic E-state index is -0.300. The molecule has 2 unspecified atom stereocenters. The van der Waals surface area contributed by atoms with E-state index < -0.39 is 0 Å². The summed E-state index contributed by atoms with van der Waals surface area (Å²) >= 11 is 0. The number of carbonyl (C=O) groups is 1. The molecule has 2 aromatic rings. The minimum Gasteiger partial charge on any atom is -0.334 e. The van der Waals surface area contributed by atoms with Crippen LogP contribution in [0, 0.1) is 25.6 Å². The van der Waals surface area contributed by atoms with E-state index in [2.05, 4.69) is 9.88 Å². The molecular weight excluding hydrogens is 357 g/mol. The molecule has 0 spiro atoms. The standard InChI is InChI=1S/C22H26FN3O2/c1-14-9-15(2)24-21(27)20(14)22(28)26-12-17-5-8-19(26)13-25(11-17)10-16-3-6-18(23)7-4-16/h3-4,6-7,9,17,19H,5,8,10-13H2,1-2H3,(H,24,27). The fourth-order valence-electron chi connectivity index (χ4n) is 4.67. The number of piperidine rings is 1. The van der Waals surface area contributed by atoms with Gasteiger partial charge in [0.05, 0.1) is 0 Å². The molecule has 0 aliphatic carbocycles. The van der Waals surface area contributed by atoms with Crippen LogP contribution in [0.2, 0.25) is 0 Å². The minimum absolute atomic E-state index is 0.104. The molecule has 0 saturated carbocycles. The Labute approximate surface area is 164 Å². The van der Waals surface area contributed by atoms with E-state index in [1.807, 2.05) is 36.9 Å². The molecule has 1 aromatic heterocycles.